The molecule has 9 N–H and O–H groups in total. The molecule has 0 saturated carbocycles. The Kier molecular flexibility index (Phi) is 11.8. The number of rotatable bonds is 14. The molecule has 0 radical (unpaired) electrons. The second-order valence-electron chi connectivity index (χ2n) is 8.46. The molecule has 0 aliphatic heterocycles. The van der Waals surface area contributed by atoms with Gasteiger partial charge in [-0.15, -0.1) is 0 Å². The predicted octanol–water partition coefficient (Wildman–Crippen LogP) is -1.60. The molecule has 1 rings (SSSR count). The van der Waals surface area contributed by atoms with Crippen LogP contribution < -0.4 is 27.4 Å². The summed E-state index contributed by atoms with van der Waals surface area (Å²) in [7, 11) is 0. The number of amides is 4. The number of carboxylic acids is 1. The summed E-state index contributed by atoms with van der Waals surface area (Å²) in [6, 6.07) is 3.62. The minimum absolute atomic E-state index is 0.180. The third-order valence-electron chi connectivity index (χ3n) is 5.51. The predicted molar refractivity (Wildman–Crippen MR) is 126 cm³/mol. The Labute approximate surface area is 203 Å². The third-order valence-corrected chi connectivity index (χ3v) is 5.51. The first kappa shape index (κ1) is 29.5. The first-order valence-electron chi connectivity index (χ1n) is 11.3. The summed E-state index contributed by atoms with van der Waals surface area (Å²) in [5, 5.41) is 26.4. The third kappa shape index (κ3) is 9.71. The first-order valence-corrected chi connectivity index (χ1v) is 11.3. The molecule has 1 aromatic carbocycles. The summed E-state index contributed by atoms with van der Waals surface area (Å²) < 4.78 is 0. The lowest BCUT2D eigenvalue weighted by Crippen LogP contribution is -2.60. The van der Waals surface area contributed by atoms with E-state index in [1.54, 1.807) is 38.1 Å². The molecule has 0 bridgehead atoms. The van der Waals surface area contributed by atoms with Gasteiger partial charge in [0.2, 0.25) is 23.6 Å². The van der Waals surface area contributed by atoms with E-state index in [4.69, 9.17) is 11.5 Å². The Hall–Kier alpha value is -3.51. The number of carbonyl (C=O) groups is 5. The molecular formula is C23H35N5O7. The van der Waals surface area contributed by atoms with Crippen LogP contribution in [0, 0.1) is 5.92 Å². The second kappa shape index (κ2) is 14.0. The molecule has 194 valence electrons. The summed E-state index contributed by atoms with van der Waals surface area (Å²) in [5.41, 5.74) is 11.9. The fourth-order valence-electron chi connectivity index (χ4n) is 3.24. The van der Waals surface area contributed by atoms with E-state index in [9.17, 15) is 34.2 Å². The number of hydrogen-bond acceptors (Lipinski definition) is 7. The Morgan fingerprint density at radius 3 is 1.97 bits per heavy atom. The van der Waals surface area contributed by atoms with Crippen LogP contribution in [0.3, 0.4) is 0 Å². The van der Waals surface area contributed by atoms with Crippen LogP contribution in [-0.2, 0) is 30.4 Å². The Balaban J connectivity index is 2.95. The zero-order valence-electron chi connectivity index (χ0n) is 20.1. The molecule has 12 nitrogen and oxygen atoms in total. The standard InChI is InChI=1S/C23H35N5O7/c1-4-12(2)18(23(34)35)27-21(32)16(11-17(25)30)26-22(33)19(13(3)29)28-20(31)15(24)10-14-8-6-5-7-9-14/h5-9,12-13,15-16,18-19,29H,4,10-11,24H2,1-3H3,(H2,25,30)(H,26,33)(H,27,32)(H,28,31)(H,34,35). The van der Waals surface area contributed by atoms with E-state index in [0.717, 1.165) is 5.56 Å². The lowest BCUT2D eigenvalue weighted by Gasteiger charge is -2.27. The van der Waals surface area contributed by atoms with Crippen molar-refractivity contribution in [2.24, 2.45) is 17.4 Å². The summed E-state index contributed by atoms with van der Waals surface area (Å²) >= 11 is 0. The smallest absolute Gasteiger partial charge is 0.326 e. The highest BCUT2D eigenvalue weighted by atomic mass is 16.4. The minimum atomic E-state index is -1.53. The molecule has 1 aromatic rings. The Morgan fingerprint density at radius 2 is 1.49 bits per heavy atom. The van der Waals surface area contributed by atoms with Crippen molar-refractivity contribution in [3.8, 4) is 0 Å². The molecule has 0 fully saturated rings. The molecule has 0 heterocycles. The highest BCUT2D eigenvalue weighted by Crippen LogP contribution is 2.09. The number of aliphatic hydroxyl groups is 1. The van der Waals surface area contributed by atoms with Gasteiger partial charge in [0.1, 0.15) is 18.1 Å². The van der Waals surface area contributed by atoms with Crippen molar-refractivity contribution >= 4 is 29.6 Å². The number of aliphatic hydroxyl groups excluding tert-OH is 1. The van der Waals surface area contributed by atoms with Crippen molar-refractivity contribution in [3.63, 3.8) is 0 Å². The molecule has 0 aliphatic carbocycles. The summed E-state index contributed by atoms with van der Waals surface area (Å²) in [6.45, 7) is 4.62. The van der Waals surface area contributed by atoms with Gasteiger partial charge in [-0.1, -0.05) is 50.6 Å². The van der Waals surface area contributed by atoms with Crippen LogP contribution in [-0.4, -0.2) is 70.1 Å². The van der Waals surface area contributed by atoms with Crippen molar-refractivity contribution < 1.29 is 34.2 Å². The normalized spacial score (nSPS) is 16.0. The van der Waals surface area contributed by atoms with Gasteiger partial charge in [-0.2, -0.15) is 0 Å². The van der Waals surface area contributed by atoms with Crippen LogP contribution in [0.4, 0.5) is 0 Å². The van der Waals surface area contributed by atoms with Gasteiger partial charge in [0, 0.05) is 0 Å². The van der Waals surface area contributed by atoms with Crippen LogP contribution in [0.2, 0.25) is 0 Å². The van der Waals surface area contributed by atoms with Crippen LogP contribution in [0.5, 0.6) is 0 Å². The molecule has 12 heteroatoms. The highest BCUT2D eigenvalue weighted by Gasteiger charge is 2.34. The van der Waals surface area contributed by atoms with E-state index >= 15 is 0 Å². The van der Waals surface area contributed by atoms with Crippen LogP contribution >= 0.6 is 0 Å². The molecule has 35 heavy (non-hydrogen) atoms. The SMILES string of the molecule is CCC(C)C(NC(=O)C(CC(N)=O)NC(=O)C(NC(=O)C(N)Cc1ccccc1)C(C)O)C(=O)O. The van der Waals surface area contributed by atoms with Crippen molar-refractivity contribution in [1.29, 1.82) is 0 Å². The quantitative estimate of drug-likeness (QED) is 0.160. The molecule has 0 saturated heterocycles. The maximum atomic E-state index is 12.8. The molecule has 0 aliphatic rings. The topological polar surface area (TPSA) is 214 Å². The van der Waals surface area contributed by atoms with Crippen LogP contribution in [0.15, 0.2) is 30.3 Å². The van der Waals surface area contributed by atoms with Gasteiger partial charge in [-0.05, 0) is 24.8 Å². The van der Waals surface area contributed by atoms with Gasteiger partial charge < -0.3 is 37.6 Å². The van der Waals surface area contributed by atoms with E-state index in [1.165, 1.54) is 6.92 Å². The zero-order chi connectivity index (χ0) is 26.7. The lowest BCUT2D eigenvalue weighted by molar-refractivity contribution is -0.144. The van der Waals surface area contributed by atoms with E-state index in [0.29, 0.717) is 6.42 Å². The maximum absolute atomic E-state index is 12.8. The number of nitrogens with two attached hydrogens (primary N) is 2. The number of hydrogen-bond donors (Lipinski definition) is 7. The number of primary amides is 1. The molecule has 6 atom stereocenters. The number of carboxylic acid groups (broad SMARTS) is 1. The fraction of sp³-hybridized carbons (Fsp3) is 0.522. The maximum Gasteiger partial charge on any atom is 0.326 e. The van der Waals surface area contributed by atoms with Crippen molar-refractivity contribution in [2.45, 2.75) is 70.3 Å². The van der Waals surface area contributed by atoms with Crippen LogP contribution in [0.1, 0.15) is 39.2 Å². The fourth-order valence-corrected chi connectivity index (χ4v) is 3.24. The molecule has 0 spiro atoms. The van der Waals surface area contributed by atoms with Gasteiger partial charge in [-0.25, -0.2) is 4.79 Å². The highest BCUT2D eigenvalue weighted by molar-refractivity contribution is 5.96. The van der Waals surface area contributed by atoms with Gasteiger partial charge >= 0.3 is 5.97 Å². The van der Waals surface area contributed by atoms with Gasteiger partial charge in [0.25, 0.3) is 0 Å². The van der Waals surface area contributed by atoms with Crippen molar-refractivity contribution in [3.05, 3.63) is 35.9 Å². The zero-order valence-corrected chi connectivity index (χ0v) is 20.1. The van der Waals surface area contributed by atoms with Gasteiger partial charge in [-0.3, -0.25) is 19.2 Å². The molecule has 6 unspecified atom stereocenters. The number of nitrogens with one attached hydrogen (secondary N) is 3. The van der Waals surface area contributed by atoms with E-state index in [1.807, 2.05) is 6.07 Å². The lowest BCUT2D eigenvalue weighted by atomic mass is 9.98. The first-order chi connectivity index (χ1) is 16.4. The van der Waals surface area contributed by atoms with E-state index in [-0.39, 0.29) is 6.42 Å². The number of aliphatic carboxylic acids is 1. The monoisotopic (exact) mass is 493 g/mol. The largest absolute Gasteiger partial charge is 0.480 e. The number of carbonyl (C=O) groups excluding carboxylic acids is 4. The van der Waals surface area contributed by atoms with E-state index < -0.39 is 72.2 Å². The molecule has 0 aromatic heterocycles. The Morgan fingerprint density at radius 1 is 0.914 bits per heavy atom. The minimum Gasteiger partial charge on any atom is -0.480 e. The second-order valence-corrected chi connectivity index (χ2v) is 8.46. The van der Waals surface area contributed by atoms with Crippen molar-refractivity contribution in [2.75, 3.05) is 0 Å². The Bertz CT molecular complexity index is 894. The van der Waals surface area contributed by atoms with Gasteiger partial charge in [0.05, 0.1) is 18.6 Å². The van der Waals surface area contributed by atoms with Crippen molar-refractivity contribution in [1.82, 2.24) is 16.0 Å². The summed E-state index contributed by atoms with van der Waals surface area (Å²) in [5.74, 6) is -5.27. The average Bonchev–Trinajstić information content (AvgIpc) is 2.79. The molecule has 4 amide bonds. The van der Waals surface area contributed by atoms with Gasteiger partial charge in [0.15, 0.2) is 0 Å². The number of benzene rings is 1. The average molecular weight is 494 g/mol. The van der Waals surface area contributed by atoms with E-state index in [2.05, 4.69) is 16.0 Å². The summed E-state index contributed by atoms with van der Waals surface area (Å²) in [4.78, 5) is 61.1. The van der Waals surface area contributed by atoms with Crippen LogP contribution in [0.25, 0.3) is 0 Å². The molecular weight excluding hydrogens is 458 g/mol. The summed E-state index contributed by atoms with van der Waals surface area (Å²) in [6.07, 6.45) is -1.38.